The van der Waals surface area contributed by atoms with Crippen molar-refractivity contribution in [3.05, 3.63) is 46.8 Å². The van der Waals surface area contributed by atoms with Crippen LogP contribution in [0.15, 0.2) is 41.9 Å². The maximum atomic E-state index is 10.8. The number of aromatic nitrogens is 2. The third-order valence-electron chi connectivity index (χ3n) is 2.44. The topological polar surface area (TPSA) is 72.3 Å². The van der Waals surface area contributed by atoms with Gasteiger partial charge in [-0.05, 0) is 12.1 Å². The molecule has 0 fully saturated rings. The molecular weight excluding hydrogens is 264 g/mol. The Labute approximate surface area is 112 Å². The lowest BCUT2D eigenvalue weighted by atomic mass is 10.3. The first-order chi connectivity index (χ1) is 9.22. The predicted octanol–water partition coefficient (Wildman–Crippen LogP) is 3.18. The van der Waals surface area contributed by atoms with Gasteiger partial charge in [0.2, 0.25) is 5.88 Å². The lowest BCUT2D eigenvalue weighted by molar-refractivity contribution is 0.0702. The first-order valence-corrected chi connectivity index (χ1v) is 6.32. The molecular formula is C13H8N2O3S. The van der Waals surface area contributed by atoms with E-state index in [0.717, 1.165) is 22.4 Å². The summed E-state index contributed by atoms with van der Waals surface area (Å²) in [7, 11) is 0. The van der Waals surface area contributed by atoms with E-state index in [4.69, 9.17) is 9.84 Å². The van der Waals surface area contributed by atoms with Gasteiger partial charge in [-0.3, -0.25) is 0 Å². The highest BCUT2D eigenvalue weighted by Gasteiger charge is 2.09. The van der Waals surface area contributed by atoms with Crippen LogP contribution in [0.3, 0.4) is 0 Å². The Hall–Kier alpha value is -2.47. The predicted molar refractivity (Wildman–Crippen MR) is 70.9 cm³/mol. The molecule has 0 aliphatic carbocycles. The van der Waals surface area contributed by atoms with Crippen LogP contribution in [-0.2, 0) is 0 Å². The zero-order chi connectivity index (χ0) is 13.2. The number of para-hydroxylation sites is 2. The van der Waals surface area contributed by atoms with E-state index in [2.05, 4.69) is 9.97 Å². The molecule has 0 atom stereocenters. The number of benzene rings is 1. The number of ether oxygens (including phenoxy) is 1. The number of rotatable bonds is 3. The standard InChI is InChI=1S/C13H8N2O3S/c16-13(17)11-5-8(7-19-11)18-12-6-14-9-3-1-2-4-10(9)15-12/h1-7H,(H,16,17). The minimum absolute atomic E-state index is 0.226. The number of nitrogens with zero attached hydrogens (tertiary/aromatic N) is 2. The number of hydrogen-bond donors (Lipinski definition) is 1. The van der Waals surface area contributed by atoms with Crippen molar-refractivity contribution in [1.82, 2.24) is 9.97 Å². The third kappa shape index (κ3) is 2.38. The number of aromatic carboxylic acids is 1. The Morgan fingerprint density at radius 2 is 2.05 bits per heavy atom. The van der Waals surface area contributed by atoms with Gasteiger partial charge in [0.25, 0.3) is 0 Å². The van der Waals surface area contributed by atoms with Crippen LogP contribution in [-0.4, -0.2) is 21.0 Å². The molecule has 0 saturated heterocycles. The van der Waals surface area contributed by atoms with E-state index in [1.165, 1.54) is 12.3 Å². The number of carboxylic acids is 1. The van der Waals surface area contributed by atoms with Gasteiger partial charge >= 0.3 is 5.97 Å². The van der Waals surface area contributed by atoms with Crippen molar-refractivity contribution in [1.29, 1.82) is 0 Å². The van der Waals surface area contributed by atoms with Gasteiger partial charge in [-0.2, -0.15) is 0 Å². The summed E-state index contributed by atoms with van der Waals surface area (Å²) in [5.41, 5.74) is 1.51. The van der Waals surface area contributed by atoms with E-state index in [1.54, 1.807) is 5.38 Å². The molecule has 2 aromatic heterocycles. The van der Waals surface area contributed by atoms with Gasteiger partial charge in [0.1, 0.15) is 10.6 Å². The van der Waals surface area contributed by atoms with E-state index in [-0.39, 0.29) is 4.88 Å². The van der Waals surface area contributed by atoms with Crippen molar-refractivity contribution < 1.29 is 14.6 Å². The second-order valence-electron chi connectivity index (χ2n) is 3.75. The van der Waals surface area contributed by atoms with E-state index < -0.39 is 5.97 Å². The Bertz CT molecular complexity index is 754. The van der Waals surface area contributed by atoms with Crippen LogP contribution in [0.4, 0.5) is 0 Å². The largest absolute Gasteiger partial charge is 0.477 e. The summed E-state index contributed by atoms with van der Waals surface area (Å²) < 4.78 is 5.49. The number of thiophene rings is 1. The molecule has 0 aliphatic heterocycles. The minimum atomic E-state index is -0.968. The molecule has 0 amide bonds. The summed E-state index contributed by atoms with van der Waals surface area (Å²) in [6, 6.07) is 8.91. The van der Waals surface area contributed by atoms with Crippen molar-refractivity contribution >= 4 is 28.3 Å². The fraction of sp³-hybridized carbons (Fsp3) is 0. The van der Waals surface area contributed by atoms with Gasteiger partial charge in [0, 0.05) is 11.4 Å². The molecule has 0 aliphatic rings. The lowest BCUT2D eigenvalue weighted by Crippen LogP contribution is -1.91. The summed E-state index contributed by atoms with van der Waals surface area (Å²) in [6.07, 6.45) is 1.51. The summed E-state index contributed by atoms with van der Waals surface area (Å²) in [5.74, 6) is -0.176. The summed E-state index contributed by atoms with van der Waals surface area (Å²) in [6.45, 7) is 0. The SMILES string of the molecule is O=C(O)c1cc(Oc2cnc3ccccc3n2)cs1. The number of fused-ring (bicyclic) bond motifs is 1. The van der Waals surface area contributed by atoms with Crippen molar-refractivity contribution in [2.24, 2.45) is 0 Å². The molecule has 6 heteroatoms. The number of carbonyl (C=O) groups is 1. The highest BCUT2D eigenvalue weighted by molar-refractivity contribution is 7.12. The highest BCUT2D eigenvalue weighted by Crippen LogP contribution is 2.26. The smallest absolute Gasteiger partial charge is 0.346 e. The molecule has 19 heavy (non-hydrogen) atoms. The molecule has 0 unspecified atom stereocenters. The molecule has 5 nitrogen and oxygen atoms in total. The van der Waals surface area contributed by atoms with Crippen LogP contribution in [0.2, 0.25) is 0 Å². The van der Waals surface area contributed by atoms with Gasteiger partial charge in [-0.25, -0.2) is 14.8 Å². The van der Waals surface area contributed by atoms with Crippen molar-refractivity contribution in [3.63, 3.8) is 0 Å². The maximum absolute atomic E-state index is 10.8. The average molecular weight is 272 g/mol. The van der Waals surface area contributed by atoms with Crippen molar-refractivity contribution in [2.45, 2.75) is 0 Å². The van der Waals surface area contributed by atoms with Crippen molar-refractivity contribution in [2.75, 3.05) is 0 Å². The summed E-state index contributed by atoms with van der Waals surface area (Å²) in [4.78, 5) is 19.5. The normalized spacial score (nSPS) is 10.5. The third-order valence-corrected chi connectivity index (χ3v) is 3.33. The highest BCUT2D eigenvalue weighted by atomic mass is 32.1. The van der Waals surface area contributed by atoms with Gasteiger partial charge in [0.05, 0.1) is 17.2 Å². The van der Waals surface area contributed by atoms with E-state index in [0.29, 0.717) is 11.6 Å². The quantitative estimate of drug-likeness (QED) is 0.792. The van der Waals surface area contributed by atoms with Crippen LogP contribution < -0.4 is 4.74 Å². The van der Waals surface area contributed by atoms with Crippen LogP contribution in [0.25, 0.3) is 11.0 Å². The van der Waals surface area contributed by atoms with E-state index >= 15 is 0 Å². The van der Waals surface area contributed by atoms with Crippen LogP contribution in [0.5, 0.6) is 11.6 Å². The number of carboxylic acid groups (broad SMARTS) is 1. The van der Waals surface area contributed by atoms with Gasteiger partial charge in [0.15, 0.2) is 0 Å². The molecule has 0 bridgehead atoms. The molecule has 3 rings (SSSR count). The molecule has 2 heterocycles. The first kappa shape index (κ1) is 11.6. The zero-order valence-electron chi connectivity index (χ0n) is 9.61. The maximum Gasteiger partial charge on any atom is 0.346 e. The first-order valence-electron chi connectivity index (χ1n) is 5.44. The van der Waals surface area contributed by atoms with Gasteiger partial charge in [-0.15, -0.1) is 11.3 Å². The number of hydrogen-bond acceptors (Lipinski definition) is 5. The van der Waals surface area contributed by atoms with Crippen LogP contribution in [0.1, 0.15) is 9.67 Å². The van der Waals surface area contributed by atoms with Crippen LogP contribution in [0, 0.1) is 0 Å². The average Bonchev–Trinajstić information content (AvgIpc) is 2.87. The molecule has 0 saturated carbocycles. The van der Waals surface area contributed by atoms with E-state index in [9.17, 15) is 4.79 Å². The van der Waals surface area contributed by atoms with Gasteiger partial charge in [-0.1, -0.05) is 12.1 Å². The molecule has 94 valence electrons. The zero-order valence-corrected chi connectivity index (χ0v) is 10.4. The Balaban J connectivity index is 1.89. The fourth-order valence-electron chi connectivity index (χ4n) is 1.59. The molecule has 3 aromatic rings. The molecule has 1 N–H and O–H groups in total. The summed E-state index contributed by atoms with van der Waals surface area (Å²) in [5, 5.41) is 10.5. The van der Waals surface area contributed by atoms with Crippen molar-refractivity contribution in [3.8, 4) is 11.6 Å². The Kier molecular flexibility index (Phi) is 2.85. The van der Waals surface area contributed by atoms with Crippen LogP contribution >= 0.6 is 11.3 Å². The molecule has 0 spiro atoms. The lowest BCUT2D eigenvalue weighted by Gasteiger charge is -2.02. The second-order valence-corrected chi connectivity index (χ2v) is 4.66. The Morgan fingerprint density at radius 1 is 1.26 bits per heavy atom. The Morgan fingerprint density at radius 3 is 2.79 bits per heavy atom. The van der Waals surface area contributed by atoms with Gasteiger partial charge < -0.3 is 9.84 Å². The minimum Gasteiger partial charge on any atom is -0.477 e. The monoisotopic (exact) mass is 272 g/mol. The second kappa shape index (κ2) is 4.66. The fourth-order valence-corrected chi connectivity index (χ4v) is 2.24. The molecule has 0 radical (unpaired) electrons. The van der Waals surface area contributed by atoms with E-state index in [1.807, 2.05) is 24.3 Å². The molecule has 1 aromatic carbocycles. The summed E-state index contributed by atoms with van der Waals surface area (Å²) >= 11 is 1.11.